The molecule has 1 amide bonds. The van der Waals surface area contributed by atoms with Crippen LogP contribution in [-0.2, 0) is 11.2 Å². The van der Waals surface area contributed by atoms with Gasteiger partial charge in [0.1, 0.15) is 11.6 Å². The summed E-state index contributed by atoms with van der Waals surface area (Å²) in [6.45, 7) is 2.96. The van der Waals surface area contributed by atoms with E-state index in [1.165, 1.54) is 24.3 Å². The number of nitrogens with zero attached hydrogens (tertiary/aromatic N) is 6. The smallest absolute Gasteiger partial charge is 0.280 e. The fourth-order valence-corrected chi connectivity index (χ4v) is 3.01. The first kappa shape index (κ1) is 18.1. The van der Waals surface area contributed by atoms with Crippen molar-refractivity contribution >= 4 is 5.91 Å². The molecule has 2 aromatic heterocycles. The summed E-state index contributed by atoms with van der Waals surface area (Å²) in [5, 5.41) is 12.1. The van der Waals surface area contributed by atoms with E-state index in [0.29, 0.717) is 42.7 Å². The first-order valence-electron chi connectivity index (χ1n) is 9.03. The highest BCUT2D eigenvalue weighted by molar-refractivity contribution is 5.78. The fraction of sp³-hybridized carbons (Fsp3) is 0.389. The minimum absolute atomic E-state index is 0.0181. The molecule has 0 N–H and O–H groups in total. The van der Waals surface area contributed by atoms with Crippen LogP contribution >= 0.6 is 0 Å². The number of carbonyl (C=O) groups excluding carboxylic acids is 1. The van der Waals surface area contributed by atoms with Gasteiger partial charge >= 0.3 is 0 Å². The van der Waals surface area contributed by atoms with Crippen LogP contribution in [0.4, 0.5) is 4.39 Å². The number of halogens is 1. The molecule has 0 saturated carbocycles. The van der Waals surface area contributed by atoms with E-state index in [0.717, 1.165) is 6.42 Å². The maximum Gasteiger partial charge on any atom is 0.280 e. The third-order valence-electron chi connectivity index (χ3n) is 4.58. The van der Waals surface area contributed by atoms with E-state index in [-0.39, 0.29) is 24.4 Å². The predicted octanol–water partition coefficient (Wildman–Crippen LogP) is 1.88. The molecule has 28 heavy (non-hydrogen) atoms. The van der Waals surface area contributed by atoms with Crippen LogP contribution in [0.25, 0.3) is 11.6 Å². The lowest BCUT2D eigenvalue weighted by atomic mass is 10.3. The summed E-state index contributed by atoms with van der Waals surface area (Å²) in [7, 11) is 0. The molecule has 0 bridgehead atoms. The number of aromatic nitrogens is 5. The summed E-state index contributed by atoms with van der Waals surface area (Å²) in [4.78, 5) is 18.3. The van der Waals surface area contributed by atoms with Crippen molar-refractivity contribution < 1.29 is 18.4 Å². The third kappa shape index (κ3) is 3.85. The number of amides is 1. The van der Waals surface area contributed by atoms with Crippen LogP contribution in [0.2, 0.25) is 0 Å². The van der Waals surface area contributed by atoms with E-state index >= 15 is 0 Å². The second-order valence-electron chi connectivity index (χ2n) is 6.48. The Morgan fingerprint density at radius 1 is 1.36 bits per heavy atom. The summed E-state index contributed by atoms with van der Waals surface area (Å²) in [5.41, 5.74) is 0.511. The summed E-state index contributed by atoms with van der Waals surface area (Å²) in [5.74, 6) is 0.929. The Balaban J connectivity index is 1.33. The zero-order chi connectivity index (χ0) is 19.5. The highest BCUT2D eigenvalue weighted by Gasteiger charge is 2.29. The molecule has 3 heterocycles. The van der Waals surface area contributed by atoms with Crippen molar-refractivity contribution in [2.75, 3.05) is 19.7 Å². The van der Waals surface area contributed by atoms with E-state index in [1.54, 1.807) is 15.8 Å². The summed E-state index contributed by atoms with van der Waals surface area (Å²) in [6.07, 6.45) is 3.19. The molecule has 1 aliphatic heterocycles. The van der Waals surface area contributed by atoms with Crippen LogP contribution in [-0.4, -0.2) is 55.6 Å². The van der Waals surface area contributed by atoms with Gasteiger partial charge in [0.25, 0.3) is 11.8 Å². The molecular weight excluding hydrogens is 367 g/mol. The van der Waals surface area contributed by atoms with Crippen molar-refractivity contribution in [3.8, 4) is 17.3 Å². The molecule has 0 radical (unpaired) electrons. The summed E-state index contributed by atoms with van der Waals surface area (Å²) >= 11 is 0. The van der Waals surface area contributed by atoms with Gasteiger partial charge in [0.15, 0.2) is 18.1 Å². The number of hydrogen-bond donors (Lipinski definition) is 0. The number of aryl methyl sites for hydroxylation is 1. The second-order valence-corrected chi connectivity index (χ2v) is 6.48. The molecule has 4 rings (SSSR count). The molecule has 9 nitrogen and oxygen atoms in total. The van der Waals surface area contributed by atoms with Crippen LogP contribution in [0.15, 0.2) is 35.0 Å². The third-order valence-corrected chi connectivity index (χ3v) is 4.58. The van der Waals surface area contributed by atoms with Gasteiger partial charge in [0, 0.05) is 19.5 Å². The Morgan fingerprint density at radius 2 is 2.18 bits per heavy atom. The van der Waals surface area contributed by atoms with Gasteiger partial charge in [-0.05, 0) is 30.7 Å². The Kier molecular flexibility index (Phi) is 5.00. The van der Waals surface area contributed by atoms with Crippen molar-refractivity contribution in [3.05, 3.63) is 42.1 Å². The number of hydrogen-bond acceptors (Lipinski definition) is 7. The molecule has 3 aromatic rings. The average Bonchev–Trinajstić information content (AvgIpc) is 3.46. The normalized spacial score (nSPS) is 16.5. The molecular formula is C18H19FN6O3. The molecule has 1 atom stereocenters. The van der Waals surface area contributed by atoms with Crippen LogP contribution in [0.3, 0.4) is 0 Å². The first-order valence-corrected chi connectivity index (χ1v) is 9.03. The Hall–Kier alpha value is -3.30. The summed E-state index contributed by atoms with van der Waals surface area (Å²) < 4.78 is 25.2. The van der Waals surface area contributed by atoms with E-state index < -0.39 is 0 Å². The molecule has 0 aliphatic carbocycles. The van der Waals surface area contributed by atoms with Gasteiger partial charge in [-0.1, -0.05) is 17.3 Å². The Labute approximate surface area is 160 Å². The molecule has 10 heteroatoms. The quantitative estimate of drug-likeness (QED) is 0.638. The highest BCUT2D eigenvalue weighted by Crippen LogP contribution is 2.23. The zero-order valence-electron chi connectivity index (χ0n) is 15.3. The lowest BCUT2D eigenvalue weighted by molar-refractivity contribution is -0.132. The first-order chi connectivity index (χ1) is 13.6. The van der Waals surface area contributed by atoms with Crippen LogP contribution < -0.4 is 4.74 Å². The molecule has 0 spiro atoms. The molecule has 1 aliphatic rings. The molecule has 1 fully saturated rings. The number of carbonyl (C=O) groups is 1. The largest absolute Gasteiger partial charge is 0.484 e. The molecule has 0 unspecified atom stereocenters. The van der Waals surface area contributed by atoms with Gasteiger partial charge in [-0.25, -0.2) is 9.07 Å². The van der Waals surface area contributed by atoms with Crippen molar-refractivity contribution in [2.24, 2.45) is 0 Å². The van der Waals surface area contributed by atoms with Gasteiger partial charge in [-0.2, -0.15) is 4.98 Å². The zero-order valence-corrected chi connectivity index (χ0v) is 15.3. The second kappa shape index (κ2) is 7.75. The van der Waals surface area contributed by atoms with Crippen LogP contribution in [0, 0.1) is 5.82 Å². The van der Waals surface area contributed by atoms with Crippen molar-refractivity contribution in [1.29, 1.82) is 0 Å². The van der Waals surface area contributed by atoms with Crippen molar-refractivity contribution in [1.82, 2.24) is 30.0 Å². The highest BCUT2D eigenvalue weighted by atomic mass is 19.1. The topological polar surface area (TPSA) is 99.2 Å². The van der Waals surface area contributed by atoms with Crippen molar-refractivity contribution in [3.63, 3.8) is 0 Å². The standard InChI is InChI=1S/C18H19FN6O3/c1-2-16-20-18(28-22-16)15-10-25(23-21-15)13-7-8-24(9-13)17(26)11-27-14-5-3-12(19)4-6-14/h3-6,10,13H,2,7-9,11H2,1H3/t13-/m0/s1. The number of benzene rings is 1. The van der Waals surface area contributed by atoms with E-state index in [1.807, 2.05) is 6.92 Å². The molecule has 1 aromatic carbocycles. The van der Waals surface area contributed by atoms with Gasteiger partial charge in [0.05, 0.1) is 12.2 Å². The van der Waals surface area contributed by atoms with Gasteiger partial charge in [-0.3, -0.25) is 4.79 Å². The van der Waals surface area contributed by atoms with E-state index in [9.17, 15) is 9.18 Å². The minimum atomic E-state index is -0.347. The van der Waals surface area contributed by atoms with Crippen LogP contribution in [0.1, 0.15) is 25.2 Å². The summed E-state index contributed by atoms with van der Waals surface area (Å²) in [6, 6.07) is 5.59. The lowest BCUT2D eigenvalue weighted by Crippen LogP contribution is -2.33. The predicted molar refractivity (Wildman–Crippen MR) is 94.8 cm³/mol. The van der Waals surface area contributed by atoms with Gasteiger partial charge < -0.3 is 14.2 Å². The average molecular weight is 386 g/mol. The maximum atomic E-state index is 12.9. The Morgan fingerprint density at radius 3 is 2.93 bits per heavy atom. The SMILES string of the molecule is CCc1noc(-c2cn([C@H]3CCN(C(=O)COc4ccc(F)cc4)C3)nn2)n1. The lowest BCUT2D eigenvalue weighted by Gasteiger charge is -2.16. The molecule has 146 valence electrons. The van der Waals surface area contributed by atoms with Gasteiger partial charge in [-0.15, -0.1) is 5.10 Å². The Bertz CT molecular complexity index is 954. The van der Waals surface area contributed by atoms with Crippen molar-refractivity contribution in [2.45, 2.75) is 25.8 Å². The number of likely N-dealkylation sites (tertiary alicyclic amines) is 1. The fourth-order valence-electron chi connectivity index (χ4n) is 3.01. The number of rotatable bonds is 6. The minimum Gasteiger partial charge on any atom is -0.484 e. The van der Waals surface area contributed by atoms with Crippen LogP contribution in [0.5, 0.6) is 5.75 Å². The van der Waals surface area contributed by atoms with Gasteiger partial charge in [0.2, 0.25) is 0 Å². The van der Waals surface area contributed by atoms with E-state index in [4.69, 9.17) is 9.26 Å². The monoisotopic (exact) mass is 386 g/mol. The maximum absolute atomic E-state index is 12.9. The number of ether oxygens (including phenoxy) is 1. The molecule has 1 saturated heterocycles. The van der Waals surface area contributed by atoms with E-state index in [2.05, 4.69) is 20.5 Å².